The molecule has 0 bridgehead atoms. The Labute approximate surface area is 96.8 Å². The maximum atomic E-state index is 13.1. The first kappa shape index (κ1) is 11.3. The summed E-state index contributed by atoms with van der Waals surface area (Å²) in [6.07, 6.45) is 0. The molecule has 5 heteroatoms. The predicted octanol–water partition coefficient (Wildman–Crippen LogP) is 2.41. The number of phenolic OH excluding ortho intramolecular Hbond substituents is 2. The Hall–Kier alpha value is -2.17. The van der Waals surface area contributed by atoms with Crippen LogP contribution in [0.5, 0.6) is 23.0 Å². The van der Waals surface area contributed by atoms with E-state index in [2.05, 4.69) is 0 Å². The van der Waals surface area contributed by atoms with Crippen LogP contribution >= 0.6 is 0 Å². The van der Waals surface area contributed by atoms with Crippen LogP contribution in [0.15, 0.2) is 18.2 Å². The van der Waals surface area contributed by atoms with Crippen LogP contribution in [0.2, 0.25) is 0 Å². The van der Waals surface area contributed by atoms with Crippen molar-refractivity contribution in [3.8, 4) is 23.0 Å². The van der Waals surface area contributed by atoms with Crippen LogP contribution in [0, 0.1) is 5.82 Å². The van der Waals surface area contributed by atoms with Crippen molar-refractivity contribution >= 4 is 10.8 Å². The molecule has 0 atom stereocenters. The maximum Gasteiger partial charge on any atom is 0.207 e. The van der Waals surface area contributed by atoms with Crippen LogP contribution in [0.1, 0.15) is 0 Å². The summed E-state index contributed by atoms with van der Waals surface area (Å²) in [7, 11) is 2.66. The number of phenols is 2. The largest absolute Gasteiger partial charge is 0.504 e. The minimum Gasteiger partial charge on any atom is -0.504 e. The molecule has 0 aromatic heterocycles. The average molecular weight is 238 g/mol. The third kappa shape index (κ3) is 1.60. The van der Waals surface area contributed by atoms with Crippen LogP contribution in [0.4, 0.5) is 4.39 Å². The highest BCUT2D eigenvalue weighted by Gasteiger charge is 2.20. The molecule has 0 heterocycles. The summed E-state index contributed by atoms with van der Waals surface area (Å²) in [4.78, 5) is 0. The zero-order valence-electron chi connectivity index (χ0n) is 9.32. The number of hydrogen-bond acceptors (Lipinski definition) is 4. The van der Waals surface area contributed by atoms with Gasteiger partial charge in [-0.15, -0.1) is 0 Å². The van der Waals surface area contributed by atoms with Crippen LogP contribution in [0.3, 0.4) is 0 Å². The van der Waals surface area contributed by atoms with E-state index in [0.29, 0.717) is 5.39 Å². The van der Waals surface area contributed by atoms with Gasteiger partial charge < -0.3 is 19.7 Å². The van der Waals surface area contributed by atoms with Crippen LogP contribution in [-0.4, -0.2) is 24.4 Å². The maximum absolute atomic E-state index is 13.1. The second-order valence-corrected chi connectivity index (χ2v) is 3.45. The fourth-order valence-corrected chi connectivity index (χ4v) is 1.76. The molecule has 0 saturated carbocycles. The smallest absolute Gasteiger partial charge is 0.207 e. The molecule has 0 unspecified atom stereocenters. The van der Waals surface area contributed by atoms with Gasteiger partial charge >= 0.3 is 0 Å². The first-order valence-electron chi connectivity index (χ1n) is 4.85. The molecule has 2 N–H and O–H groups in total. The van der Waals surface area contributed by atoms with Gasteiger partial charge in [-0.2, -0.15) is 0 Å². The molecule has 0 aliphatic rings. The van der Waals surface area contributed by atoms with Crippen molar-refractivity contribution in [1.29, 1.82) is 0 Å². The van der Waals surface area contributed by atoms with Gasteiger partial charge in [0.2, 0.25) is 11.5 Å². The van der Waals surface area contributed by atoms with Crippen molar-refractivity contribution in [2.24, 2.45) is 0 Å². The molecule has 4 nitrogen and oxygen atoms in total. The van der Waals surface area contributed by atoms with Crippen LogP contribution < -0.4 is 9.47 Å². The quantitative estimate of drug-likeness (QED) is 0.789. The monoisotopic (exact) mass is 238 g/mol. The first-order chi connectivity index (χ1) is 8.10. The number of hydrogen-bond donors (Lipinski definition) is 2. The van der Waals surface area contributed by atoms with E-state index >= 15 is 0 Å². The Morgan fingerprint density at radius 1 is 0.941 bits per heavy atom. The molecule has 0 radical (unpaired) electrons. The Bertz CT molecular complexity index is 580. The Balaban J connectivity index is 2.94. The minimum atomic E-state index is -0.514. The number of aromatic hydroxyl groups is 2. The average Bonchev–Trinajstić information content (AvgIpc) is 2.33. The third-order valence-corrected chi connectivity index (χ3v) is 2.54. The molecular weight excluding hydrogens is 227 g/mol. The lowest BCUT2D eigenvalue weighted by molar-refractivity contribution is 0.320. The van der Waals surface area contributed by atoms with E-state index in [9.17, 15) is 14.6 Å². The lowest BCUT2D eigenvalue weighted by atomic mass is 10.1. The van der Waals surface area contributed by atoms with Crippen LogP contribution in [0.25, 0.3) is 10.8 Å². The molecular formula is C12H11FO4. The second-order valence-electron chi connectivity index (χ2n) is 3.45. The van der Waals surface area contributed by atoms with Crippen molar-refractivity contribution in [3.05, 3.63) is 24.0 Å². The predicted molar refractivity (Wildman–Crippen MR) is 60.3 cm³/mol. The number of benzene rings is 2. The van der Waals surface area contributed by atoms with Gasteiger partial charge in [0.15, 0.2) is 11.5 Å². The van der Waals surface area contributed by atoms with Gasteiger partial charge in [-0.3, -0.25) is 0 Å². The molecule has 90 valence electrons. The van der Waals surface area contributed by atoms with Gasteiger partial charge in [-0.1, -0.05) is 0 Å². The van der Waals surface area contributed by atoms with Crippen LogP contribution in [-0.2, 0) is 0 Å². The molecule has 0 aliphatic heterocycles. The van der Waals surface area contributed by atoms with E-state index in [-0.39, 0.29) is 28.4 Å². The lowest BCUT2D eigenvalue weighted by Gasteiger charge is -2.14. The second kappa shape index (κ2) is 4.01. The van der Waals surface area contributed by atoms with Gasteiger partial charge in [0, 0.05) is 10.8 Å². The number of methoxy groups -OCH3 is 2. The van der Waals surface area contributed by atoms with E-state index < -0.39 is 5.82 Å². The summed E-state index contributed by atoms with van der Waals surface area (Å²) < 4.78 is 23.0. The highest BCUT2D eigenvalue weighted by atomic mass is 19.1. The van der Waals surface area contributed by atoms with E-state index in [1.807, 2.05) is 0 Å². The molecule has 0 aliphatic carbocycles. The number of halogens is 1. The standard InChI is InChI=1S/C12H11FO4/c1-16-11-9(14)7-4-3-6(13)5-8(7)10(15)12(11)17-2/h3-5,14-15H,1-2H3. The molecule has 2 aromatic carbocycles. The zero-order valence-corrected chi connectivity index (χ0v) is 9.32. The Morgan fingerprint density at radius 2 is 1.47 bits per heavy atom. The van der Waals surface area contributed by atoms with Gasteiger partial charge in [0.25, 0.3) is 0 Å². The summed E-state index contributed by atoms with van der Waals surface area (Å²) in [6.45, 7) is 0. The van der Waals surface area contributed by atoms with E-state index in [1.165, 1.54) is 26.4 Å². The normalized spacial score (nSPS) is 10.5. The van der Waals surface area contributed by atoms with Crippen molar-refractivity contribution in [3.63, 3.8) is 0 Å². The first-order valence-corrected chi connectivity index (χ1v) is 4.85. The van der Waals surface area contributed by atoms with E-state index in [0.717, 1.165) is 6.07 Å². The number of ether oxygens (including phenoxy) is 2. The van der Waals surface area contributed by atoms with E-state index in [1.54, 1.807) is 0 Å². The molecule has 17 heavy (non-hydrogen) atoms. The Morgan fingerprint density at radius 3 is 2.00 bits per heavy atom. The van der Waals surface area contributed by atoms with Gasteiger partial charge in [-0.05, 0) is 18.2 Å². The van der Waals surface area contributed by atoms with Crippen molar-refractivity contribution in [2.45, 2.75) is 0 Å². The molecule has 2 aromatic rings. The lowest BCUT2D eigenvalue weighted by Crippen LogP contribution is -1.93. The van der Waals surface area contributed by atoms with E-state index in [4.69, 9.17) is 9.47 Å². The number of rotatable bonds is 2. The fourth-order valence-electron chi connectivity index (χ4n) is 1.76. The highest BCUT2D eigenvalue weighted by molar-refractivity contribution is 5.98. The summed E-state index contributed by atoms with van der Waals surface area (Å²) >= 11 is 0. The SMILES string of the molecule is COc1c(OC)c(O)c2cc(F)ccc2c1O. The third-order valence-electron chi connectivity index (χ3n) is 2.54. The molecule has 0 fully saturated rings. The Kier molecular flexibility index (Phi) is 2.67. The summed E-state index contributed by atoms with van der Waals surface area (Å²) in [5.41, 5.74) is 0. The molecule has 0 spiro atoms. The van der Waals surface area contributed by atoms with Crippen molar-refractivity contribution in [2.75, 3.05) is 14.2 Å². The van der Waals surface area contributed by atoms with Crippen molar-refractivity contribution in [1.82, 2.24) is 0 Å². The van der Waals surface area contributed by atoms with Crippen molar-refractivity contribution < 1.29 is 24.1 Å². The number of fused-ring (bicyclic) bond motifs is 1. The fraction of sp³-hybridized carbons (Fsp3) is 0.167. The highest BCUT2D eigenvalue weighted by Crippen LogP contribution is 2.49. The molecule has 2 rings (SSSR count). The molecule has 0 amide bonds. The minimum absolute atomic E-state index is 0.0177. The van der Waals surface area contributed by atoms with Gasteiger partial charge in [-0.25, -0.2) is 4.39 Å². The summed E-state index contributed by atoms with van der Waals surface area (Å²) in [5, 5.41) is 20.3. The van der Waals surface area contributed by atoms with Gasteiger partial charge in [0.1, 0.15) is 5.82 Å². The van der Waals surface area contributed by atoms with Gasteiger partial charge in [0.05, 0.1) is 14.2 Å². The summed E-state index contributed by atoms with van der Waals surface area (Å²) in [6, 6.07) is 3.67. The topological polar surface area (TPSA) is 58.9 Å². The molecule has 0 saturated heterocycles. The summed E-state index contributed by atoms with van der Waals surface area (Å²) in [5.74, 6) is -0.986. The zero-order chi connectivity index (χ0) is 12.6.